The van der Waals surface area contributed by atoms with Crippen molar-refractivity contribution in [3.63, 3.8) is 0 Å². The molecule has 0 radical (unpaired) electrons. The van der Waals surface area contributed by atoms with Crippen molar-refractivity contribution in [2.45, 2.75) is 6.61 Å². The first kappa shape index (κ1) is 15.3. The third-order valence-electron chi connectivity index (χ3n) is 4.18. The molecule has 3 aromatic carbocycles. The molecule has 0 saturated carbocycles. The van der Waals surface area contributed by atoms with Crippen LogP contribution in [0.2, 0.25) is 0 Å². The molecule has 0 fully saturated rings. The SMILES string of the molecule is COc1ccccc1COc1ccc2c(c1)oc(=O)c1ccccc12. The molecule has 0 saturated heterocycles. The molecular formula is C21H16O4. The standard InChI is InChI=1S/C21H16O4/c1-23-19-9-5-2-6-14(19)13-24-15-10-11-17-16-7-3-4-8-18(16)21(22)25-20(17)12-15/h2-12H,13H2,1H3. The summed E-state index contributed by atoms with van der Waals surface area (Å²) in [6.45, 7) is 0.368. The monoisotopic (exact) mass is 332 g/mol. The molecule has 0 aliphatic rings. The topological polar surface area (TPSA) is 48.7 Å². The van der Waals surface area contributed by atoms with E-state index < -0.39 is 0 Å². The summed E-state index contributed by atoms with van der Waals surface area (Å²) in [4.78, 5) is 12.1. The molecule has 1 heterocycles. The van der Waals surface area contributed by atoms with Crippen molar-refractivity contribution < 1.29 is 13.9 Å². The van der Waals surface area contributed by atoms with E-state index in [0.29, 0.717) is 23.3 Å². The van der Waals surface area contributed by atoms with Crippen LogP contribution in [0.4, 0.5) is 0 Å². The smallest absolute Gasteiger partial charge is 0.344 e. The maximum absolute atomic E-state index is 12.1. The minimum atomic E-state index is -0.343. The number of methoxy groups -OCH3 is 1. The lowest BCUT2D eigenvalue weighted by Crippen LogP contribution is -2.01. The average molecular weight is 332 g/mol. The molecular weight excluding hydrogens is 316 g/mol. The number of ether oxygens (including phenoxy) is 2. The Morgan fingerprint density at radius 3 is 2.48 bits per heavy atom. The van der Waals surface area contributed by atoms with Gasteiger partial charge in [0.15, 0.2) is 0 Å². The maximum atomic E-state index is 12.1. The van der Waals surface area contributed by atoms with Crippen LogP contribution < -0.4 is 15.1 Å². The number of para-hydroxylation sites is 1. The Bertz CT molecular complexity index is 1110. The van der Waals surface area contributed by atoms with E-state index >= 15 is 0 Å². The van der Waals surface area contributed by atoms with Gasteiger partial charge < -0.3 is 13.9 Å². The predicted molar refractivity (Wildman–Crippen MR) is 97.3 cm³/mol. The summed E-state index contributed by atoms with van der Waals surface area (Å²) in [6, 6.07) is 20.7. The van der Waals surface area contributed by atoms with Crippen LogP contribution in [0.25, 0.3) is 21.7 Å². The number of benzene rings is 3. The molecule has 4 aromatic rings. The molecule has 25 heavy (non-hydrogen) atoms. The van der Waals surface area contributed by atoms with Crippen LogP contribution in [-0.2, 0) is 6.61 Å². The van der Waals surface area contributed by atoms with Gasteiger partial charge in [0.2, 0.25) is 0 Å². The Labute approximate surface area is 144 Å². The first-order valence-electron chi connectivity index (χ1n) is 7.96. The van der Waals surface area contributed by atoms with E-state index in [4.69, 9.17) is 13.9 Å². The summed E-state index contributed by atoms with van der Waals surface area (Å²) in [5.41, 5.74) is 1.12. The predicted octanol–water partition coefficient (Wildman–Crippen LogP) is 4.53. The molecule has 0 atom stereocenters. The normalized spacial score (nSPS) is 10.9. The molecule has 0 N–H and O–H groups in total. The summed E-state index contributed by atoms with van der Waals surface area (Å²) in [5.74, 6) is 1.41. The summed E-state index contributed by atoms with van der Waals surface area (Å²) >= 11 is 0. The summed E-state index contributed by atoms with van der Waals surface area (Å²) in [6.07, 6.45) is 0. The molecule has 4 heteroatoms. The van der Waals surface area contributed by atoms with Crippen molar-refractivity contribution in [3.05, 3.63) is 82.7 Å². The summed E-state index contributed by atoms with van der Waals surface area (Å²) in [5, 5.41) is 2.35. The molecule has 124 valence electrons. The molecule has 0 unspecified atom stereocenters. The highest BCUT2D eigenvalue weighted by molar-refractivity contribution is 6.04. The highest BCUT2D eigenvalue weighted by Crippen LogP contribution is 2.27. The van der Waals surface area contributed by atoms with Crippen LogP contribution in [0.15, 0.2) is 75.9 Å². The Hall–Kier alpha value is -3.27. The summed E-state index contributed by atoms with van der Waals surface area (Å²) < 4.78 is 16.6. The van der Waals surface area contributed by atoms with E-state index in [1.54, 1.807) is 19.2 Å². The summed E-state index contributed by atoms with van der Waals surface area (Å²) in [7, 11) is 1.63. The fourth-order valence-corrected chi connectivity index (χ4v) is 2.93. The van der Waals surface area contributed by atoms with Gasteiger partial charge in [0.25, 0.3) is 0 Å². The van der Waals surface area contributed by atoms with E-state index in [1.807, 2.05) is 54.6 Å². The van der Waals surface area contributed by atoms with Crippen LogP contribution in [0, 0.1) is 0 Å². The van der Waals surface area contributed by atoms with Gasteiger partial charge in [-0.05, 0) is 29.7 Å². The zero-order valence-corrected chi connectivity index (χ0v) is 13.7. The first-order chi connectivity index (χ1) is 12.3. The number of rotatable bonds is 4. The minimum absolute atomic E-state index is 0.343. The van der Waals surface area contributed by atoms with Crippen molar-refractivity contribution in [2.75, 3.05) is 7.11 Å². The van der Waals surface area contributed by atoms with Gasteiger partial charge >= 0.3 is 5.63 Å². The van der Waals surface area contributed by atoms with E-state index in [0.717, 1.165) is 22.1 Å². The zero-order chi connectivity index (χ0) is 17.2. The van der Waals surface area contributed by atoms with Gasteiger partial charge in [-0.15, -0.1) is 0 Å². The van der Waals surface area contributed by atoms with E-state index in [-0.39, 0.29) is 5.63 Å². The molecule has 1 aromatic heterocycles. The Balaban J connectivity index is 1.70. The lowest BCUT2D eigenvalue weighted by atomic mass is 10.1. The maximum Gasteiger partial charge on any atom is 0.344 e. The molecule has 4 nitrogen and oxygen atoms in total. The van der Waals surface area contributed by atoms with Gasteiger partial charge in [0.1, 0.15) is 23.7 Å². The quantitative estimate of drug-likeness (QED) is 0.407. The molecule has 0 spiro atoms. The van der Waals surface area contributed by atoms with Gasteiger partial charge in [0.05, 0.1) is 12.5 Å². The Morgan fingerprint density at radius 1 is 0.880 bits per heavy atom. The lowest BCUT2D eigenvalue weighted by Gasteiger charge is -2.10. The number of hydrogen-bond acceptors (Lipinski definition) is 4. The van der Waals surface area contributed by atoms with Gasteiger partial charge in [-0.2, -0.15) is 0 Å². The average Bonchev–Trinajstić information content (AvgIpc) is 2.66. The highest BCUT2D eigenvalue weighted by atomic mass is 16.5. The van der Waals surface area contributed by atoms with E-state index in [9.17, 15) is 4.79 Å². The van der Waals surface area contributed by atoms with Crippen LogP contribution >= 0.6 is 0 Å². The lowest BCUT2D eigenvalue weighted by molar-refractivity contribution is 0.296. The number of fused-ring (bicyclic) bond motifs is 3. The van der Waals surface area contributed by atoms with Crippen molar-refractivity contribution in [2.24, 2.45) is 0 Å². The van der Waals surface area contributed by atoms with Crippen molar-refractivity contribution in [3.8, 4) is 11.5 Å². The second kappa shape index (κ2) is 6.32. The second-order valence-corrected chi connectivity index (χ2v) is 5.69. The Kier molecular flexibility index (Phi) is 3.86. The van der Waals surface area contributed by atoms with Crippen LogP contribution in [0.5, 0.6) is 11.5 Å². The first-order valence-corrected chi connectivity index (χ1v) is 7.96. The molecule has 0 aliphatic heterocycles. The van der Waals surface area contributed by atoms with E-state index in [1.165, 1.54) is 0 Å². The van der Waals surface area contributed by atoms with Crippen molar-refractivity contribution in [1.29, 1.82) is 0 Å². The third kappa shape index (κ3) is 2.83. The molecule has 0 aliphatic carbocycles. The van der Waals surface area contributed by atoms with Crippen LogP contribution in [0.1, 0.15) is 5.56 Å². The fourth-order valence-electron chi connectivity index (χ4n) is 2.93. The third-order valence-corrected chi connectivity index (χ3v) is 4.18. The highest BCUT2D eigenvalue weighted by Gasteiger charge is 2.08. The minimum Gasteiger partial charge on any atom is -0.496 e. The van der Waals surface area contributed by atoms with Gasteiger partial charge in [-0.1, -0.05) is 36.4 Å². The fraction of sp³-hybridized carbons (Fsp3) is 0.0952. The van der Waals surface area contributed by atoms with Crippen molar-refractivity contribution in [1.82, 2.24) is 0 Å². The van der Waals surface area contributed by atoms with Gasteiger partial charge in [0, 0.05) is 17.0 Å². The molecule has 0 amide bonds. The molecule has 4 rings (SSSR count). The number of hydrogen-bond donors (Lipinski definition) is 0. The van der Waals surface area contributed by atoms with Gasteiger partial charge in [-0.3, -0.25) is 0 Å². The molecule has 0 bridgehead atoms. The van der Waals surface area contributed by atoms with Crippen LogP contribution in [0.3, 0.4) is 0 Å². The van der Waals surface area contributed by atoms with E-state index in [2.05, 4.69) is 0 Å². The van der Waals surface area contributed by atoms with Crippen LogP contribution in [-0.4, -0.2) is 7.11 Å². The second-order valence-electron chi connectivity index (χ2n) is 5.69. The van der Waals surface area contributed by atoms with Crippen molar-refractivity contribution >= 4 is 21.7 Å². The zero-order valence-electron chi connectivity index (χ0n) is 13.7. The largest absolute Gasteiger partial charge is 0.496 e. The van der Waals surface area contributed by atoms with Gasteiger partial charge in [-0.25, -0.2) is 4.79 Å². The Morgan fingerprint density at radius 2 is 1.64 bits per heavy atom.